The third kappa shape index (κ3) is 3.30. The lowest BCUT2D eigenvalue weighted by atomic mass is 10.2. The molecule has 0 aliphatic heterocycles. The summed E-state index contributed by atoms with van der Waals surface area (Å²) in [6.07, 6.45) is 2.38. The summed E-state index contributed by atoms with van der Waals surface area (Å²) in [6, 6.07) is 3.18. The Hall–Kier alpha value is -1.16. The molecule has 1 aromatic heterocycles. The molecule has 0 spiro atoms. The molecule has 1 atom stereocenters. The fourth-order valence-electron chi connectivity index (χ4n) is 1.05. The van der Waals surface area contributed by atoms with Crippen molar-refractivity contribution in [1.82, 2.24) is 10.3 Å². The minimum Gasteiger partial charge on any atom is -0.490 e. The number of nitrogens with zero attached hydrogens (tertiary/aromatic N) is 1. The summed E-state index contributed by atoms with van der Waals surface area (Å²) in [4.78, 5) is 3.50. The van der Waals surface area contributed by atoms with Crippen LogP contribution in [0, 0.1) is 5.95 Å². The van der Waals surface area contributed by atoms with E-state index in [0.717, 1.165) is 6.42 Å². The Morgan fingerprint density at radius 3 is 2.86 bits per heavy atom. The van der Waals surface area contributed by atoms with Crippen LogP contribution in [0.4, 0.5) is 4.39 Å². The Morgan fingerprint density at radius 1 is 1.57 bits per heavy atom. The van der Waals surface area contributed by atoms with E-state index in [1.807, 2.05) is 7.05 Å². The smallest absolute Gasteiger partial charge is 0.213 e. The highest BCUT2D eigenvalue weighted by Gasteiger charge is 2.03. The highest BCUT2D eigenvalue weighted by Crippen LogP contribution is 2.08. The van der Waals surface area contributed by atoms with Gasteiger partial charge in [0.15, 0.2) is 0 Å². The van der Waals surface area contributed by atoms with Crippen LogP contribution < -0.4 is 10.1 Å². The molecule has 0 amide bonds. The van der Waals surface area contributed by atoms with E-state index in [1.165, 1.54) is 12.3 Å². The number of rotatable bonds is 5. The van der Waals surface area contributed by atoms with E-state index >= 15 is 0 Å². The van der Waals surface area contributed by atoms with Crippen LogP contribution in [0.2, 0.25) is 0 Å². The quantitative estimate of drug-likeness (QED) is 0.730. The summed E-state index contributed by atoms with van der Waals surface area (Å²) in [5.41, 5.74) is 0. The lowest BCUT2D eigenvalue weighted by Crippen LogP contribution is -2.30. The molecule has 0 saturated carbocycles. The second-order valence-corrected chi connectivity index (χ2v) is 3.02. The van der Waals surface area contributed by atoms with E-state index in [4.69, 9.17) is 4.74 Å². The maximum Gasteiger partial charge on any atom is 0.213 e. The van der Waals surface area contributed by atoms with Gasteiger partial charge in [-0.05, 0) is 25.6 Å². The molecule has 0 aromatic carbocycles. The number of likely N-dealkylation sites (N-methyl/N-ethyl adjacent to an activating group) is 1. The Labute approximate surface area is 83.3 Å². The summed E-state index contributed by atoms with van der Waals surface area (Å²) in [6.45, 7) is 2.65. The van der Waals surface area contributed by atoms with Crippen molar-refractivity contribution < 1.29 is 9.13 Å². The van der Waals surface area contributed by atoms with Crippen LogP contribution >= 0.6 is 0 Å². The fraction of sp³-hybridized carbons (Fsp3) is 0.500. The van der Waals surface area contributed by atoms with Crippen molar-refractivity contribution in [3.8, 4) is 5.75 Å². The first-order valence-electron chi connectivity index (χ1n) is 4.68. The van der Waals surface area contributed by atoms with Gasteiger partial charge >= 0.3 is 0 Å². The second kappa shape index (κ2) is 5.54. The first-order chi connectivity index (χ1) is 6.76. The van der Waals surface area contributed by atoms with Gasteiger partial charge in [0.1, 0.15) is 12.4 Å². The number of nitrogens with one attached hydrogen (secondary N) is 1. The Morgan fingerprint density at radius 2 is 2.36 bits per heavy atom. The molecule has 3 nitrogen and oxygen atoms in total. The molecular weight excluding hydrogens is 183 g/mol. The summed E-state index contributed by atoms with van der Waals surface area (Å²) < 4.78 is 17.9. The minimum atomic E-state index is -0.488. The third-order valence-electron chi connectivity index (χ3n) is 2.05. The standard InChI is InChI=1S/C10H15FN2O/c1-3-8(12-2)7-14-9-4-5-10(11)13-6-9/h4-6,8,12H,3,7H2,1-2H3/t8-/m0/s1. The van der Waals surface area contributed by atoms with Crippen LogP contribution in [0.3, 0.4) is 0 Å². The number of aromatic nitrogens is 1. The molecule has 1 rings (SSSR count). The topological polar surface area (TPSA) is 34.1 Å². The predicted molar refractivity (Wildman–Crippen MR) is 52.8 cm³/mol. The van der Waals surface area contributed by atoms with Crippen molar-refractivity contribution in [2.24, 2.45) is 0 Å². The molecule has 0 aliphatic carbocycles. The molecule has 78 valence electrons. The van der Waals surface area contributed by atoms with Crippen LogP contribution in [0.15, 0.2) is 18.3 Å². The van der Waals surface area contributed by atoms with E-state index in [9.17, 15) is 4.39 Å². The van der Waals surface area contributed by atoms with Gasteiger partial charge in [-0.3, -0.25) is 0 Å². The van der Waals surface area contributed by atoms with Crippen molar-refractivity contribution in [2.45, 2.75) is 19.4 Å². The van der Waals surface area contributed by atoms with Crippen LogP contribution in [0.25, 0.3) is 0 Å². The van der Waals surface area contributed by atoms with E-state index in [2.05, 4.69) is 17.2 Å². The molecule has 0 unspecified atom stereocenters. The lowest BCUT2D eigenvalue weighted by Gasteiger charge is -2.14. The fourth-order valence-corrected chi connectivity index (χ4v) is 1.05. The maximum absolute atomic E-state index is 12.4. The molecule has 1 heterocycles. The highest BCUT2D eigenvalue weighted by molar-refractivity contribution is 5.16. The average Bonchev–Trinajstić information content (AvgIpc) is 2.22. The first kappa shape index (κ1) is 10.9. The van der Waals surface area contributed by atoms with Crippen molar-refractivity contribution in [2.75, 3.05) is 13.7 Å². The zero-order chi connectivity index (χ0) is 10.4. The number of halogens is 1. The van der Waals surface area contributed by atoms with Crippen LogP contribution in [0.1, 0.15) is 13.3 Å². The van der Waals surface area contributed by atoms with Gasteiger partial charge in [0.05, 0.1) is 6.20 Å². The van der Waals surface area contributed by atoms with Gasteiger partial charge in [0.25, 0.3) is 0 Å². The van der Waals surface area contributed by atoms with Gasteiger partial charge in [-0.1, -0.05) is 6.92 Å². The molecule has 1 aromatic rings. The molecule has 0 aliphatic rings. The molecule has 14 heavy (non-hydrogen) atoms. The van der Waals surface area contributed by atoms with Gasteiger partial charge in [-0.25, -0.2) is 4.98 Å². The molecule has 0 bridgehead atoms. The summed E-state index contributed by atoms with van der Waals surface area (Å²) >= 11 is 0. The zero-order valence-electron chi connectivity index (χ0n) is 8.46. The largest absolute Gasteiger partial charge is 0.490 e. The summed E-state index contributed by atoms with van der Waals surface area (Å²) in [5.74, 6) is 0.109. The minimum absolute atomic E-state index is 0.319. The Balaban J connectivity index is 2.41. The predicted octanol–water partition coefficient (Wildman–Crippen LogP) is 1.60. The third-order valence-corrected chi connectivity index (χ3v) is 2.05. The van der Waals surface area contributed by atoms with Crippen molar-refractivity contribution in [3.63, 3.8) is 0 Å². The summed E-state index contributed by atoms with van der Waals surface area (Å²) in [7, 11) is 1.89. The van der Waals surface area contributed by atoms with Crippen molar-refractivity contribution >= 4 is 0 Å². The molecule has 1 N–H and O–H groups in total. The van der Waals surface area contributed by atoms with Gasteiger partial charge in [0, 0.05) is 6.04 Å². The van der Waals surface area contributed by atoms with E-state index in [0.29, 0.717) is 18.4 Å². The van der Waals surface area contributed by atoms with Gasteiger partial charge in [0.2, 0.25) is 5.95 Å². The van der Waals surface area contributed by atoms with Gasteiger partial charge in [-0.15, -0.1) is 0 Å². The Bertz CT molecular complexity index is 259. The zero-order valence-corrected chi connectivity index (χ0v) is 8.46. The van der Waals surface area contributed by atoms with E-state index in [1.54, 1.807) is 6.07 Å². The maximum atomic E-state index is 12.4. The van der Waals surface area contributed by atoms with Crippen molar-refractivity contribution in [1.29, 1.82) is 0 Å². The number of hydrogen-bond donors (Lipinski definition) is 1. The SMILES string of the molecule is CC[C@@H](COc1ccc(F)nc1)NC. The average molecular weight is 198 g/mol. The monoisotopic (exact) mass is 198 g/mol. The van der Waals surface area contributed by atoms with Gasteiger partial charge in [-0.2, -0.15) is 4.39 Å². The highest BCUT2D eigenvalue weighted by atomic mass is 19.1. The summed E-state index contributed by atoms with van der Waals surface area (Å²) in [5, 5.41) is 3.11. The number of pyridine rings is 1. The number of ether oxygens (including phenoxy) is 1. The molecular formula is C10H15FN2O. The van der Waals surface area contributed by atoms with Crippen molar-refractivity contribution in [3.05, 3.63) is 24.3 Å². The normalized spacial score (nSPS) is 12.5. The van der Waals surface area contributed by atoms with Crippen LogP contribution in [-0.2, 0) is 0 Å². The lowest BCUT2D eigenvalue weighted by molar-refractivity contribution is 0.265. The van der Waals surface area contributed by atoms with Gasteiger partial charge < -0.3 is 10.1 Å². The van der Waals surface area contributed by atoms with E-state index < -0.39 is 5.95 Å². The molecule has 0 saturated heterocycles. The molecule has 0 radical (unpaired) electrons. The molecule has 0 fully saturated rings. The second-order valence-electron chi connectivity index (χ2n) is 3.02. The molecule has 4 heteroatoms. The van der Waals surface area contributed by atoms with Crippen LogP contribution in [0.5, 0.6) is 5.75 Å². The first-order valence-corrected chi connectivity index (χ1v) is 4.68. The van der Waals surface area contributed by atoms with E-state index in [-0.39, 0.29) is 0 Å². The Kier molecular flexibility index (Phi) is 4.32. The van der Waals surface area contributed by atoms with Crippen LogP contribution in [-0.4, -0.2) is 24.7 Å². The number of hydrogen-bond acceptors (Lipinski definition) is 3.